The van der Waals surface area contributed by atoms with Crippen molar-refractivity contribution in [3.63, 3.8) is 0 Å². The first-order valence-electron chi connectivity index (χ1n) is 10.9. The molecule has 1 aliphatic rings. The summed E-state index contributed by atoms with van der Waals surface area (Å²) in [4.78, 5) is 28.1. The van der Waals surface area contributed by atoms with Gasteiger partial charge in [-0.15, -0.1) is 12.4 Å². The molecule has 2 aromatic carbocycles. The van der Waals surface area contributed by atoms with Gasteiger partial charge in [-0.05, 0) is 35.4 Å². The van der Waals surface area contributed by atoms with E-state index < -0.39 is 5.69 Å². The van der Waals surface area contributed by atoms with Gasteiger partial charge in [0.2, 0.25) is 0 Å². The highest BCUT2D eigenvalue weighted by molar-refractivity contribution is 5.85. The number of piperazine rings is 1. The lowest BCUT2D eigenvalue weighted by Crippen LogP contribution is -2.42. The lowest BCUT2D eigenvalue weighted by Gasteiger charge is -2.27. The van der Waals surface area contributed by atoms with Gasteiger partial charge in [-0.2, -0.15) is 0 Å². The van der Waals surface area contributed by atoms with Crippen LogP contribution in [0.25, 0.3) is 16.8 Å². The van der Waals surface area contributed by atoms with Gasteiger partial charge < -0.3 is 14.6 Å². The van der Waals surface area contributed by atoms with Crippen molar-refractivity contribution in [1.29, 1.82) is 0 Å². The second kappa shape index (κ2) is 10.3. The van der Waals surface area contributed by atoms with Crippen molar-refractivity contribution < 1.29 is 9.26 Å². The van der Waals surface area contributed by atoms with E-state index in [2.05, 4.69) is 15.4 Å². The number of ether oxygens (including phenoxy) is 1. The molecule has 1 aliphatic heterocycles. The zero-order valence-corrected chi connectivity index (χ0v) is 19.6. The van der Waals surface area contributed by atoms with Gasteiger partial charge in [-0.1, -0.05) is 23.4 Å². The Balaban J connectivity index is 0.00000274. The lowest BCUT2D eigenvalue weighted by molar-refractivity contribution is 0.233. The van der Waals surface area contributed by atoms with Crippen molar-refractivity contribution in [2.45, 2.75) is 13.1 Å². The van der Waals surface area contributed by atoms with Gasteiger partial charge in [0.15, 0.2) is 11.4 Å². The summed E-state index contributed by atoms with van der Waals surface area (Å²) in [6, 6.07) is 14.5. The third-order valence-corrected chi connectivity index (χ3v) is 5.93. The van der Waals surface area contributed by atoms with Crippen LogP contribution in [0, 0.1) is 0 Å². The van der Waals surface area contributed by atoms with E-state index in [0.717, 1.165) is 49.2 Å². The average molecular weight is 484 g/mol. The zero-order valence-electron chi connectivity index (χ0n) is 18.8. The highest BCUT2D eigenvalue weighted by atomic mass is 35.5. The number of hydrogen-bond donors (Lipinski definition) is 1. The maximum atomic E-state index is 13.3. The highest BCUT2D eigenvalue weighted by Gasteiger charge is 2.16. The Morgan fingerprint density at radius 3 is 2.47 bits per heavy atom. The standard InChI is InChI=1S/C24H25N5O4.ClH/c1-32-19-5-2-17(3-6-19)16-29-22(30)8-11-28(24(29)31)23-20-14-18(4-7-21(20)33-26-23)15-27-12-9-25-10-13-27;/h2-8,11,14,25H,9-10,12-13,15-16H2,1H3;1H. The van der Waals surface area contributed by atoms with Gasteiger partial charge in [0, 0.05) is 45.0 Å². The Labute approximate surface area is 201 Å². The predicted molar refractivity (Wildman–Crippen MR) is 131 cm³/mol. The molecule has 0 radical (unpaired) electrons. The van der Waals surface area contributed by atoms with E-state index in [1.165, 1.54) is 21.4 Å². The van der Waals surface area contributed by atoms with Crippen LogP contribution in [0.4, 0.5) is 0 Å². The van der Waals surface area contributed by atoms with E-state index in [9.17, 15) is 9.59 Å². The van der Waals surface area contributed by atoms with Crippen LogP contribution in [-0.4, -0.2) is 52.5 Å². The van der Waals surface area contributed by atoms with Gasteiger partial charge in [0.25, 0.3) is 5.56 Å². The van der Waals surface area contributed by atoms with Crippen LogP contribution >= 0.6 is 12.4 Å². The summed E-state index contributed by atoms with van der Waals surface area (Å²) in [6.07, 6.45) is 1.45. The number of methoxy groups -OCH3 is 1. The first-order valence-corrected chi connectivity index (χ1v) is 10.9. The molecule has 4 aromatic rings. The van der Waals surface area contributed by atoms with Crippen molar-refractivity contribution in [3.05, 3.63) is 86.7 Å². The van der Waals surface area contributed by atoms with Crippen molar-refractivity contribution in [2.24, 2.45) is 0 Å². The SMILES string of the molecule is COc1ccc(Cn2c(=O)ccn(-c3noc4ccc(CN5CCNCC5)cc34)c2=O)cc1.Cl. The Morgan fingerprint density at radius 1 is 1.00 bits per heavy atom. The van der Waals surface area contributed by atoms with Crippen LogP contribution in [0.15, 0.2) is 68.8 Å². The van der Waals surface area contributed by atoms with E-state index in [-0.39, 0.29) is 24.5 Å². The summed E-state index contributed by atoms with van der Waals surface area (Å²) in [7, 11) is 1.59. The summed E-state index contributed by atoms with van der Waals surface area (Å²) in [6.45, 7) is 4.90. The molecule has 0 unspecified atom stereocenters. The summed E-state index contributed by atoms with van der Waals surface area (Å²) in [5.41, 5.74) is 1.68. The minimum atomic E-state index is -0.471. The quantitative estimate of drug-likeness (QED) is 0.448. The largest absolute Gasteiger partial charge is 0.497 e. The molecule has 10 heteroatoms. The summed E-state index contributed by atoms with van der Waals surface area (Å²) < 4.78 is 13.2. The maximum absolute atomic E-state index is 13.3. The molecule has 178 valence electrons. The van der Waals surface area contributed by atoms with Crippen LogP contribution in [0.3, 0.4) is 0 Å². The van der Waals surface area contributed by atoms with E-state index >= 15 is 0 Å². The van der Waals surface area contributed by atoms with Crippen LogP contribution < -0.4 is 21.3 Å². The molecule has 0 saturated carbocycles. The van der Waals surface area contributed by atoms with Crippen molar-refractivity contribution >= 4 is 23.4 Å². The van der Waals surface area contributed by atoms with E-state index in [1.54, 1.807) is 19.2 Å². The molecule has 34 heavy (non-hydrogen) atoms. The Kier molecular flexibility index (Phi) is 7.16. The normalized spacial score (nSPS) is 14.1. The van der Waals surface area contributed by atoms with Gasteiger partial charge in [-0.3, -0.25) is 14.3 Å². The molecule has 9 nitrogen and oxygen atoms in total. The number of halogens is 1. The molecule has 0 spiro atoms. The fraction of sp³-hybridized carbons (Fsp3) is 0.292. The first-order chi connectivity index (χ1) is 16.1. The number of nitrogens with zero attached hydrogens (tertiary/aromatic N) is 4. The minimum Gasteiger partial charge on any atom is -0.497 e. The number of rotatable bonds is 6. The monoisotopic (exact) mass is 483 g/mol. The van der Waals surface area contributed by atoms with Crippen LogP contribution in [0.2, 0.25) is 0 Å². The Bertz CT molecular complexity index is 1390. The van der Waals surface area contributed by atoms with E-state index in [4.69, 9.17) is 9.26 Å². The fourth-order valence-corrected chi connectivity index (χ4v) is 4.11. The van der Waals surface area contributed by atoms with Gasteiger partial charge in [0.1, 0.15) is 5.75 Å². The molecule has 0 aliphatic carbocycles. The molecule has 3 heterocycles. The van der Waals surface area contributed by atoms with Crippen molar-refractivity contribution in [1.82, 2.24) is 24.5 Å². The smallest absolute Gasteiger partial charge is 0.337 e. The zero-order chi connectivity index (χ0) is 22.8. The molecule has 2 aromatic heterocycles. The van der Waals surface area contributed by atoms with Gasteiger partial charge in [-0.25, -0.2) is 9.36 Å². The third kappa shape index (κ3) is 4.77. The molecular weight excluding hydrogens is 458 g/mol. The number of benzene rings is 2. The number of aromatic nitrogens is 3. The van der Waals surface area contributed by atoms with Crippen LogP contribution in [-0.2, 0) is 13.1 Å². The molecule has 1 saturated heterocycles. The number of fused-ring (bicyclic) bond motifs is 1. The lowest BCUT2D eigenvalue weighted by atomic mass is 10.1. The molecule has 1 fully saturated rings. The van der Waals surface area contributed by atoms with Crippen LogP contribution in [0.1, 0.15) is 11.1 Å². The van der Waals surface area contributed by atoms with Gasteiger partial charge >= 0.3 is 5.69 Å². The van der Waals surface area contributed by atoms with Crippen molar-refractivity contribution in [2.75, 3.05) is 33.3 Å². The molecule has 0 atom stereocenters. The second-order valence-electron chi connectivity index (χ2n) is 8.10. The molecule has 0 amide bonds. The fourth-order valence-electron chi connectivity index (χ4n) is 4.11. The topological polar surface area (TPSA) is 94.5 Å². The van der Waals surface area contributed by atoms with E-state index in [0.29, 0.717) is 17.2 Å². The van der Waals surface area contributed by atoms with Crippen molar-refractivity contribution in [3.8, 4) is 11.6 Å². The summed E-state index contributed by atoms with van der Waals surface area (Å²) >= 11 is 0. The first kappa shape index (κ1) is 23.7. The molecule has 5 rings (SSSR count). The molecular formula is C24H26ClN5O4. The summed E-state index contributed by atoms with van der Waals surface area (Å²) in [5.74, 6) is 1.09. The average Bonchev–Trinajstić information content (AvgIpc) is 3.26. The molecule has 0 bridgehead atoms. The second-order valence-corrected chi connectivity index (χ2v) is 8.10. The maximum Gasteiger partial charge on any atom is 0.337 e. The Morgan fingerprint density at radius 2 is 1.74 bits per heavy atom. The number of hydrogen-bond acceptors (Lipinski definition) is 7. The van der Waals surface area contributed by atoms with Crippen LogP contribution in [0.5, 0.6) is 5.75 Å². The van der Waals surface area contributed by atoms with Gasteiger partial charge in [0.05, 0.1) is 19.0 Å². The minimum absolute atomic E-state index is 0. The highest BCUT2D eigenvalue weighted by Crippen LogP contribution is 2.23. The Hall–Kier alpha value is -3.40. The molecule has 1 N–H and O–H groups in total. The third-order valence-electron chi connectivity index (χ3n) is 5.93. The van der Waals surface area contributed by atoms with E-state index in [1.807, 2.05) is 30.3 Å². The predicted octanol–water partition coefficient (Wildman–Crippen LogP) is 2.02. The number of nitrogens with one attached hydrogen (secondary N) is 1. The summed E-state index contributed by atoms with van der Waals surface area (Å²) in [5, 5.41) is 8.24.